The van der Waals surface area contributed by atoms with Crippen molar-refractivity contribution >= 4 is 21.7 Å². The molecular weight excluding hydrogens is 394 g/mol. The average Bonchev–Trinajstić information content (AvgIpc) is 3.17. The van der Waals surface area contributed by atoms with Crippen molar-refractivity contribution in [2.75, 3.05) is 24.1 Å². The Kier molecular flexibility index (Phi) is 6.09. The highest BCUT2D eigenvalue weighted by Crippen LogP contribution is 2.27. The minimum absolute atomic E-state index is 0. The van der Waals surface area contributed by atoms with Crippen LogP contribution in [0.1, 0.15) is 27.4 Å². The zero-order valence-electron chi connectivity index (χ0n) is 16.2. The van der Waals surface area contributed by atoms with Gasteiger partial charge in [-0.3, -0.25) is 0 Å². The number of benzene rings is 1. The number of aromatic nitrogens is 4. The summed E-state index contributed by atoms with van der Waals surface area (Å²) in [5.74, 6) is 0.274. The Labute approximate surface area is 176 Å². The number of nitrogens with zero attached hydrogens (tertiary/aromatic N) is 4. The van der Waals surface area contributed by atoms with Gasteiger partial charge in [-0.2, -0.15) is 0 Å². The summed E-state index contributed by atoms with van der Waals surface area (Å²) in [5.41, 5.74) is 12.8. The van der Waals surface area contributed by atoms with Crippen molar-refractivity contribution in [2.24, 2.45) is 5.73 Å². The molecule has 0 radical (unpaired) electrons. The van der Waals surface area contributed by atoms with Gasteiger partial charge in [0.25, 0.3) is 5.89 Å². The first kappa shape index (κ1) is 20.7. The SMILES string of the molecule is CC(C)S(=O)(=O)c1ccc(-c2cnc(N)c(-c3nnc(NCCCN)o3)n2)cc1.[HH].[HH].[HH].[HH].[HH]. The second-order valence-corrected chi connectivity index (χ2v) is 9.09. The van der Waals surface area contributed by atoms with Gasteiger partial charge < -0.3 is 21.2 Å². The van der Waals surface area contributed by atoms with Crippen LogP contribution < -0.4 is 16.8 Å². The molecule has 0 saturated carbocycles. The van der Waals surface area contributed by atoms with Crippen LogP contribution in [0.4, 0.5) is 11.8 Å². The molecule has 1 aromatic carbocycles. The summed E-state index contributed by atoms with van der Waals surface area (Å²) >= 11 is 0. The molecule has 0 aliphatic rings. The first-order valence-electron chi connectivity index (χ1n) is 9.07. The Morgan fingerprint density at radius 1 is 1.21 bits per heavy atom. The van der Waals surface area contributed by atoms with E-state index in [1.165, 1.54) is 6.20 Å². The molecule has 10 nitrogen and oxygen atoms in total. The molecule has 0 amide bonds. The van der Waals surface area contributed by atoms with Crippen LogP contribution in [0.15, 0.2) is 39.8 Å². The Morgan fingerprint density at radius 3 is 2.59 bits per heavy atom. The van der Waals surface area contributed by atoms with Gasteiger partial charge in [0.15, 0.2) is 21.3 Å². The molecule has 0 aliphatic heterocycles. The van der Waals surface area contributed by atoms with E-state index in [9.17, 15) is 8.42 Å². The number of sulfone groups is 1. The summed E-state index contributed by atoms with van der Waals surface area (Å²) < 4.78 is 30.1. The molecule has 5 N–H and O–H groups in total. The van der Waals surface area contributed by atoms with E-state index in [0.717, 1.165) is 6.42 Å². The van der Waals surface area contributed by atoms with Gasteiger partial charge in [0.2, 0.25) is 0 Å². The lowest BCUT2D eigenvalue weighted by atomic mass is 10.1. The van der Waals surface area contributed by atoms with Crippen molar-refractivity contribution in [1.29, 1.82) is 0 Å². The fraction of sp³-hybridized carbons (Fsp3) is 0.333. The zero-order valence-corrected chi connectivity index (χ0v) is 17.0. The molecule has 0 aliphatic carbocycles. The van der Waals surface area contributed by atoms with Gasteiger partial charge in [-0.15, -0.1) is 5.10 Å². The second kappa shape index (κ2) is 8.53. The lowest BCUT2D eigenvalue weighted by Gasteiger charge is -2.09. The van der Waals surface area contributed by atoms with Crippen LogP contribution in [0.2, 0.25) is 0 Å². The van der Waals surface area contributed by atoms with Gasteiger partial charge in [-0.05, 0) is 38.9 Å². The maximum Gasteiger partial charge on any atom is 0.315 e. The molecule has 2 heterocycles. The van der Waals surface area contributed by atoms with Crippen LogP contribution in [-0.2, 0) is 9.84 Å². The topological polar surface area (TPSA) is 163 Å². The third-order valence-electron chi connectivity index (χ3n) is 4.18. The molecule has 29 heavy (non-hydrogen) atoms. The minimum atomic E-state index is -3.34. The van der Waals surface area contributed by atoms with Crippen molar-refractivity contribution in [3.63, 3.8) is 0 Å². The van der Waals surface area contributed by atoms with Crippen molar-refractivity contribution < 1.29 is 20.0 Å². The van der Waals surface area contributed by atoms with Gasteiger partial charge in [-0.25, -0.2) is 18.4 Å². The van der Waals surface area contributed by atoms with E-state index < -0.39 is 15.1 Å². The highest BCUT2D eigenvalue weighted by molar-refractivity contribution is 7.92. The lowest BCUT2D eigenvalue weighted by molar-refractivity contribution is 0.577. The van der Waals surface area contributed by atoms with E-state index in [1.807, 2.05) is 0 Å². The highest BCUT2D eigenvalue weighted by Gasteiger charge is 2.20. The standard InChI is InChI=1S/C18H23N7O3S.5H2/c1-11(2)29(26,27)13-6-4-12(5-7-13)14-10-22-16(20)15(23-14)17-24-25-18(28-17)21-9-3-8-19;;;;;/h4-7,10-11H,3,8-9,19H2,1-2H3,(H2,20,22)(H,21,25);5*1H. The van der Waals surface area contributed by atoms with Crippen LogP contribution in [0.25, 0.3) is 22.8 Å². The Bertz CT molecular complexity index is 1100. The summed E-state index contributed by atoms with van der Waals surface area (Å²) in [7, 11) is -3.34. The fourth-order valence-corrected chi connectivity index (χ4v) is 3.53. The van der Waals surface area contributed by atoms with Crippen LogP contribution >= 0.6 is 0 Å². The van der Waals surface area contributed by atoms with E-state index in [-0.39, 0.29) is 35.4 Å². The first-order valence-corrected chi connectivity index (χ1v) is 10.6. The number of anilines is 2. The third kappa shape index (κ3) is 4.51. The second-order valence-electron chi connectivity index (χ2n) is 6.59. The summed E-state index contributed by atoms with van der Waals surface area (Å²) in [4.78, 5) is 8.87. The minimum Gasteiger partial charge on any atom is -0.402 e. The van der Waals surface area contributed by atoms with E-state index in [1.54, 1.807) is 38.1 Å². The van der Waals surface area contributed by atoms with Crippen LogP contribution in [0.5, 0.6) is 0 Å². The summed E-state index contributed by atoms with van der Waals surface area (Å²) in [6.07, 6.45) is 2.26. The Balaban J connectivity index is -0.00000192. The third-order valence-corrected chi connectivity index (χ3v) is 6.36. The number of nitrogen functional groups attached to an aromatic ring is 1. The number of hydrogen-bond donors (Lipinski definition) is 3. The summed E-state index contributed by atoms with van der Waals surface area (Å²) in [6, 6.07) is 6.69. The van der Waals surface area contributed by atoms with E-state index >= 15 is 0 Å². The molecule has 3 rings (SSSR count). The summed E-state index contributed by atoms with van der Waals surface area (Å²) in [6.45, 7) is 4.44. The number of hydrogen-bond acceptors (Lipinski definition) is 10. The average molecular weight is 428 g/mol. The molecule has 0 unspecified atom stereocenters. The zero-order chi connectivity index (χ0) is 21.0. The van der Waals surface area contributed by atoms with Crippen LogP contribution in [0.3, 0.4) is 0 Å². The van der Waals surface area contributed by atoms with Crippen molar-refractivity contribution in [2.45, 2.75) is 30.4 Å². The lowest BCUT2D eigenvalue weighted by Crippen LogP contribution is -2.13. The molecule has 0 spiro atoms. The van der Waals surface area contributed by atoms with Crippen LogP contribution in [0, 0.1) is 0 Å². The maximum absolute atomic E-state index is 12.3. The van der Waals surface area contributed by atoms with Crippen molar-refractivity contribution in [3.05, 3.63) is 30.5 Å². The molecule has 11 heteroatoms. The predicted octanol–water partition coefficient (Wildman–Crippen LogP) is 2.95. The van der Waals surface area contributed by atoms with Gasteiger partial charge in [0.1, 0.15) is 0 Å². The van der Waals surface area contributed by atoms with Crippen LogP contribution in [-0.4, -0.2) is 46.9 Å². The molecule has 0 saturated heterocycles. The Hall–Kier alpha value is -3.05. The summed E-state index contributed by atoms with van der Waals surface area (Å²) in [5, 5.41) is 10.3. The maximum atomic E-state index is 12.3. The molecule has 164 valence electrons. The van der Waals surface area contributed by atoms with Gasteiger partial charge >= 0.3 is 6.01 Å². The molecule has 2 aromatic heterocycles. The van der Waals surface area contributed by atoms with Gasteiger partial charge in [0, 0.05) is 19.2 Å². The van der Waals surface area contributed by atoms with E-state index in [2.05, 4.69) is 25.5 Å². The molecular formula is C18H33N7O3S. The number of rotatable bonds is 8. The normalized spacial score (nSPS) is 11.7. The van der Waals surface area contributed by atoms with Gasteiger partial charge in [-0.1, -0.05) is 17.2 Å². The fourth-order valence-electron chi connectivity index (χ4n) is 2.47. The van der Waals surface area contributed by atoms with E-state index in [0.29, 0.717) is 24.3 Å². The smallest absolute Gasteiger partial charge is 0.315 e. The number of nitrogens with two attached hydrogens (primary N) is 2. The highest BCUT2D eigenvalue weighted by atomic mass is 32.2. The van der Waals surface area contributed by atoms with Gasteiger partial charge in [0.05, 0.1) is 22.0 Å². The first-order chi connectivity index (χ1) is 13.8. The van der Waals surface area contributed by atoms with E-state index in [4.69, 9.17) is 15.9 Å². The largest absolute Gasteiger partial charge is 0.402 e. The van der Waals surface area contributed by atoms with Crippen molar-refractivity contribution in [1.82, 2.24) is 20.2 Å². The predicted molar refractivity (Wildman–Crippen MR) is 120 cm³/mol. The molecule has 0 atom stereocenters. The molecule has 0 fully saturated rings. The quantitative estimate of drug-likeness (QED) is 0.455. The molecule has 0 bridgehead atoms. The van der Waals surface area contributed by atoms with Crippen molar-refractivity contribution in [3.8, 4) is 22.8 Å². The monoisotopic (exact) mass is 427 g/mol. The number of nitrogens with one attached hydrogen (secondary N) is 1. The molecule has 3 aromatic rings. The Morgan fingerprint density at radius 2 is 1.93 bits per heavy atom.